The fourth-order valence-corrected chi connectivity index (χ4v) is 1.68. The van der Waals surface area contributed by atoms with E-state index in [1.165, 1.54) is 0 Å². The van der Waals surface area contributed by atoms with E-state index >= 15 is 0 Å². The summed E-state index contributed by atoms with van der Waals surface area (Å²) in [5, 5.41) is 2.77. The van der Waals surface area contributed by atoms with Crippen molar-refractivity contribution in [3.05, 3.63) is 30.1 Å². The van der Waals surface area contributed by atoms with Gasteiger partial charge in [-0.25, -0.2) is 0 Å². The Hall–Kier alpha value is -1.07. The van der Waals surface area contributed by atoms with Crippen molar-refractivity contribution in [3.63, 3.8) is 0 Å². The van der Waals surface area contributed by atoms with Crippen molar-refractivity contribution in [2.45, 2.75) is 19.0 Å². The highest BCUT2D eigenvalue weighted by atomic mass is 32.2. The number of amides is 1. The smallest absolute Gasteiger partial charge is 0.237 e. The predicted molar refractivity (Wildman–Crippen MR) is 67.1 cm³/mol. The molecule has 0 fully saturated rings. The molecule has 1 atom stereocenters. The molecule has 0 aliphatic carbocycles. The minimum absolute atomic E-state index is 0.111. The number of aromatic nitrogens is 1. The number of nitrogens with zero attached hydrogens (tertiary/aromatic N) is 1. The molecule has 5 heteroatoms. The first-order valence-electron chi connectivity index (χ1n) is 5.16. The van der Waals surface area contributed by atoms with Crippen LogP contribution in [0.1, 0.15) is 12.1 Å². The normalized spacial score (nSPS) is 12.1. The van der Waals surface area contributed by atoms with Gasteiger partial charge in [-0.1, -0.05) is 6.07 Å². The average molecular weight is 239 g/mol. The standard InChI is InChI=1S/C11H17N3OS/c1-16-7-5-10(12)11(15)14-8-9-4-2-3-6-13-9/h2-4,6,10H,5,7-8,12H2,1H3,(H,14,15)/t10-/m0/s1. The van der Waals surface area contributed by atoms with Crippen molar-refractivity contribution in [2.75, 3.05) is 12.0 Å². The third-order valence-corrected chi connectivity index (χ3v) is 2.78. The third kappa shape index (κ3) is 4.63. The van der Waals surface area contributed by atoms with Crippen LogP contribution in [0.25, 0.3) is 0 Å². The van der Waals surface area contributed by atoms with Gasteiger partial charge < -0.3 is 11.1 Å². The summed E-state index contributed by atoms with van der Waals surface area (Å²) in [4.78, 5) is 15.7. The Morgan fingerprint density at radius 2 is 2.44 bits per heavy atom. The van der Waals surface area contributed by atoms with Crippen molar-refractivity contribution in [2.24, 2.45) is 5.73 Å². The first-order chi connectivity index (χ1) is 7.74. The van der Waals surface area contributed by atoms with Gasteiger partial charge in [0.05, 0.1) is 18.3 Å². The summed E-state index contributed by atoms with van der Waals surface area (Å²) in [7, 11) is 0. The van der Waals surface area contributed by atoms with Crippen LogP contribution in [0.2, 0.25) is 0 Å². The van der Waals surface area contributed by atoms with E-state index in [4.69, 9.17) is 5.73 Å². The molecule has 1 aromatic heterocycles. The van der Waals surface area contributed by atoms with E-state index in [-0.39, 0.29) is 5.91 Å². The maximum atomic E-state index is 11.5. The highest BCUT2D eigenvalue weighted by Crippen LogP contribution is 1.99. The van der Waals surface area contributed by atoms with Gasteiger partial charge in [0.15, 0.2) is 0 Å². The molecule has 16 heavy (non-hydrogen) atoms. The van der Waals surface area contributed by atoms with E-state index in [1.807, 2.05) is 24.5 Å². The van der Waals surface area contributed by atoms with Gasteiger partial charge in [0.25, 0.3) is 0 Å². The monoisotopic (exact) mass is 239 g/mol. The molecule has 0 aliphatic rings. The van der Waals surface area contributed by atoms with E-state index in [0.29, 0.717) is 13.0 Å². The maximum absolute atomic E-state index is 11.5. The van der Waals surface area contributed by atoms with Crippen LogP contribution < -0.4 is 11.1 Å². The molecule has 0 unspecified atom stereocenters. The molecule has 88 valence electrons. The van der Waals surface area contributed by atoms with Gasteiger partial charge in [-0.15, -0.1) is 0 Å². The van der Waals surface area contributed by atoms with Gasteiger partial charge >= 0.3 is 0 Å². The molecule has 4 nitrogen and oxygen atoms in total. The topological polar surface area (TPSA) is 68.0 Å². The van der Waals surface area contributed by atoms with E-state index < -0.39 is 6.04 Å². The molecule has 1 rings (SSSR count). The largest absolute Gasteiger partial charge is 0.349 e. The summed E-state index contributed by atoms with van der Waals surface area (Å²) in [6.07, 6.45) is 4.41. The zero-order valence-corrected chi connectivity index (χ0v) is 10.2. The number of pyridine rings is 1. The van der Waals surface area contributed by atoms with Crippen LogP contribution in [0.5, 0.6) is 0 Å². The first-order valence-corrected chi connectivity index (χ1v) is 6.55. The summed E-state index contributed by atoms with van der Waals surface area (Å²) in [5.41, 5.74) is 6.56. The fraction of sp³-hybridized carbons (Fsp3) is 0.455. The summed E-state index contributed by atoms with van der Waals surface area (Å²) in [6, 6.07) is 5.18. The van der Waals surface area contributed by atoms with Crippen molar-refractivity contribution < 1.29 is 4.79 Å². The zero-order valence-electron chi connectivity index (χ0n) is 9.35. The third-order valence-electron chi connectivity index (χ3n) is 2.14. The van der Waals surface area contributed by atoms with E-state index in [1.54, 1.807) is 18.0 Å². The number of thioether (sulfide) groups is 1. The fourth-order valence-electron chi connectivity index (χ4n) is 1.19. The van der Waals surface area contributed by atoms with Crippen LogP contribution in [0.3, 0.4) is 0 Å². The summed E-state index contributed by atoms with van der Waals surface area (Å²) in [5.74, 6) is 0.790. The molecule has 0 bridgehead atoms. The number of nitrogens with two attached hydrogens (primary N) is 1. The van der Waals surface area contributed by atoms with Crippen LogP contribution in [-0.2, 0) is 11.3 Å². The minimum Gasteiger partial charge on any atom is -0.349 e. The SMILES string of the molecule is CSCC[C@H](N)C(=O)NCc1ccccn1. The first kappa shape index (κ1) is 13.0. The van der Waals surface area contributed by atoms with E-state index in [0.717, 1.165) is 11.4 Å². The molecule has 1 amide bonds. The lowest BCUT2D eigenvalue weighted by atomic mass is 10.2. The van der Waals surface area contributed by atoms with Gasteiger partial charge in [0, 0.05) is 6.20 Å². The molecule has 1 aromatic rings. The Kier molecular flexibility index (Phi) is 5.88. The Morgan fingerprint density at radius 3 is 3.06 bits per heavy atom. The highest BCUT2D eigenvalue weighted by Gasteiger charge is 2.12. The van der Waals surface area contributed by atoms with Gasteiger partial charge in [0.1, 0.15) is 0 Å². The number of nitrogens with one attached hydrogen (secondary N) is 1. The van der Waals surface area contributed by atoms with Crippen LogP contribution in [0.4, 0.5) is 0 Å². The molecule has 0 spiro atoms. The second kappa shape index (κ2) is 7.24. The summed E-state index contributed by atoms with van der Waals surface area (Å²) < 4.78 is 0. The zero-order chi connectivity index (χ0) is 11.8. The molecule has 0 aromatic carbocycles. The van der Waals surface area contributed by atoms with Crippen LogP contribution >= 0.6 is 11.8 Å². The molecule has 1 heterocycles. The van der Waals surface area contributed by atoms with Crippen LogP contribution in [-0.4, -0.2) is 28.9 Å². The van der Waals surface area contributed by atoms with Crippen molar-refractivity contribution in [1.82, 2.24) is 10.3 Å². The van der Waals surface area contributed by atoms with Crippen molar-refractivity contribution in [3.8, 4) is 0 Å². The minimum atomic E-state index is -0.420. The van der Waals surface area contributed by atoms with E-state index in [2.05, 4.69) is 10.3 Å². The second-order valence-electron chi connectivity index (χ2n) is 3.43. The maximum Gasteiger partial charge on any atom is 0.237 e. The molecule has 0 radical (unpaired) electrons. The van der Waals surface area contributed by atoms with Gasteiger partial charge in [0.2, 0.25) is 5.91 Å². The number of hydrogen-bond acceptors (Lipinski definition) is 4. The Bertz CT molecular complexity index is 318. The number of carbonyl (C=O) groups excluding carboxylic acids is 1. The van der Waals surface area contributed by atoms with Crippen LogP contribution in [0, 0.1) is 0 Å². The quantitative estimate of drug-likeness (QED) is 0.769. The Labute approximate surface area is 100 Å². The Morgan fingerprint density at radius 1 is 1.62 bits per heavy atom. The van der Waals surface area contributed by atoms with Crippen molar-refractivity contribution >= 4 is 17.7 Å². The summed E-state index contributed by atoms with van der Waals surface area (Å²) >= 11 is 1.69. The van der Waals surface area contributed by atoms with E-state index in [9.17, 15) is 4.79 Å². The molecule has 0 saturated carbocycles. The molecular weight excluding hydrogens is 222 g/mol. The number of rotatable bonds is 6. The number of carbonyl (C=O) groups is 1. The molecular formula is C11H17N3OS. The lowest BCUT2D eigenvalue weighted by Crippen LogP contribution is -2.40. The molecule has 3 N–H and O–H groups in total. The number of hydrogen-bond donors (Lipinski definition) is 2. The van der Waals surface area contributed by atoms with Gasteiger partial charge in [-0.3, -0.25) is 9.78 Å². The van der Waals surface area contributed by atoms with Crippen LogP contribution in [0.15, 0.2) is 24.4 Å². The highest BCUT2D eigenvalue weighted by molar-refractivity contribution is 7.98. The molecule has 0 saturated heterocycles. The average Bonchev–Trinajstić information content (AvgIpc) is 2.34. The lowest BCUT2D eigenvalue weighted by Gasteiger charge is -2.11. The molecule has 0 aliphatic heterocycles. The lowest BCUT2D eigenvalue weighted by molar-refractivity contribution is -0.122. The summed E-state index contributed by atoms with van der Waals surface area (Å²) in [6.45, 7) is 0.437. The van der Waals surface area contributed by atoms with Gasteiger partial charge in [-0.05, 0) is 30.6 Å². The second-order valence-corrected chi connectivity index (χ2v) is 4.41. The predicted octanol–water partition coefficient (Wildman–Crippen LogP) is 0.778. The van der Waals surface area contributed by atoms with Crippen molar-refractivity contribution in [1.29, 1.82) is 0 Å². The van der Waals surface area contributed by atoms with Gasteiger partial charge in [-0.2, -0.15) is 11.8 Å². The Balaban J connectivity index is 2.29.